The molecule has 5 nitrogen and oxygen atoms in total. The molecule has 0 aliphatic rings. The number of hydrogen-bond donors (Lipinski definition) is 1. The van der Waals surface area contributed by atoms with Crippen LogP contribution in [0.1, 0.15) is 23.0 Å². The number of nitrogens with zero attached hydrogens (tertiary/aromatic N) is 3. The standard InChI is InChI=1S/C22H15Cl2F3N4O/c1-2-28-21(32)15-11-14-18(12-7-9-13(23)10-8-12)31(17-6-4-3-5-16(17)24)30-20(14)29-19(15)22(25,26)27/h3-11H,2H2,1H3,(H,28,32). The zero-order chi connectivity index (χ0) is 23.0. The van der Waals surface area contributed by atoms with Crippen LogP contribution in [0, 0.1) is 0 Å². The zero-order valence-corrected chi connectivity index (χ0v) is 18.1. The summed E-state index contributed by atoms with van der Waals surface area (Å²) in [5, 5.41) is 7.82. The molecule has 4 aromatic rings. The van der Waals surface area contributed by atoms with Crippen molar-refractivity contribution in [1.82, 2.24) is 20.1 Å². The van der Waals surface area contributed by atoms with Crippen LogP contribution in [0.25, 0.3) is 28.0 Å². The van der Waals surface area contributed by atoms with Crippen molar-refractivity contribution in [2.24, 2.45) is 0 Å². The van der Waals surface area contributed by atoms with Crippen molar-refractivity contribution in [3.63, 3.8) is 0 Å². The van der Waals surface area contributed by atoms with E-state index in [1.165, 1.54) is 10.7 Å². The summed E-state index contributed by atoms with van der Waals surface area (Å²) in [5.74, 6) is -0.873. The van der Waals surface area contributed by atoms with Gasteiger partial charge in [-0.3, -0.25) is 4.79 Å². The lowest BCUT2D eigenvalue weighted by Crippen LogP contribution is -2.26. The van der Waals surface area contributed by atoms with E-state index in [1.54, 1.807) is 55.5 Å². The highest BCUT2D eigenvalue weighted by molar-refractivity contribution is 6.32. The fourth-order valence-electron chi connectivity index (χ4n) is 3.34. The van der Waals surface area contributed by atoms with Gasteiger partial charge in [0, 0.05) is 22.5 Å². The maximum atomic E-state index is 13.7. The average Bonchev–Trinajstić information content (AvgIpc) is 3.11. The second kappa shape index (κ2) is 8.44. The quantitative estimate of drug-likeness (QED) is 0.381. The van der Waals surface area contributed by atoms with Crippen molar-refractivity contribution in [2.75, 3.05) is 6.54 Å². The minimum absolute atomic E-state index is 0.164. The number of carbonyl (C=O) groups is 1. The highest BCUT2D eigenvalue weighted by Gasteiger charge is 2.38. The van der Waals surface area contributed by atoms with Crippen LogP contribution in [0.5, 0.6) is 0 Å². The lowest BCUT2D eigenvalue weighted by Gasteiger charge is -2.12. The Morgan fingerprint density at radius 3 is 2.41 bits per heavy atom. The van der Waals surface area contributed by atoms with E-state index < -0.39 is 23.3 Å². The molecule has 0 aliphatic carbocycles. The van der Waals surface area contributed by atoms with Crippen molar-refractivity contribution < 1.29 is 18.0 Å². The first kappa shape index (κ1) is 22.1. The minimum atomic E-state index is -4.84. The number of halogens is 5. The number of benzene rings is 2. The SMILES string of the molecule is CCNC(=O)c1cc2c(-c3ccc(Cl)cc3)n(-c3ccccc3Cl)nc2nc1C(F)(F)F. The summed E-state index contributed by atoms with van der Waals surface area (Å²) in [4.78, 5) is 16.2. The summed E-state index contributed by atoms with van der Waals surface area (Å²) >= 11 is 12.4. The van der Waals surface area contributed by atoms with Crippen LogP contribution in [-0.2, 0) is 6.18 Å². The Balaban J connectivity index is 2.10. The van der Waals surface area contributed by atoms with Gasteiger partial charge < -0.3 is 5.32 Å². The van der Waals surface area contributed by atoms with Crippen molar-refractivity contribution >= 4 is 40.1 Å². The van der Waals surface area contributed by atoms with E-state index in [1.807, 2.05) is 0 Å². The van der Waals surface area contributed by atoms with Gasteiger partial charge in [-0.1, -0.05) is 47.5 Å². The van der Waals surface area contributed by atoms with E-state index in [9.17, 15) is 18.0 Å². The number of amides is 1. The van der Waals surface area contributed by atoms with Crippen LogP contribution in [0.15, 0.2) is 54.6 Å². The van der Waals surface area contributed by atoms with Gasteiger partial charge >= 0.3 is 6.18 Å². The number of aromatic nitrogens is 3. The van der Waals surface area contributed by atoms with Gasteiger partial charge in [0.1, 0.15) is 0 Å². The molecule has 0 fully saturated rings. The van der Waals surface area contributed by atoms with Gasteiger partial charge in [-0.15, -0.1) is 5.10 Å². The van der Waals surface area contributed by atoms with Crippen LogP contribution >= 0.6 is 23.2 Å². The lowest BCUT2D eigenvalue weighted by atomic mass is 10.0. The molecular formula is C22H15Cl2F3N4O. The van der Waals surface area contributed by atoms with Gasteiger partial charge in [0.15, 0.2) is 11.3 Å². The molecule has 0 radical (unpaired) electrons. The lowest BCUT2D eigenvalue weighted by molar-refractivity contribution is -0.141. The number of fused-ring (bicyclic) bond motifs is 1. The van der Waals surface area contributed by atoms with Crippen molar-refractivity contribution in [3.8, 4) is 16.9 Å². The molecule has 0 bridgehead atoms. The van der Waals surface area contributed by atoms with E-state index in [4.69, 9.17) is 23.2 Å². The summed E-state index contributed by atoms with van der Waals surface area (Å²) < 4.78 is 42.6. The normalized spacial score (nSPS) is 11.7. The average molecular weight is 479 g/mol. The Hall–Kier alpha value is -3.10. The van der Waals surface area contributed by atoms with E-state index >= 15 is 0 Å². The predicted octanol–water partition coefficient (Wildman–Crippen LogP) is 6.16. The van der Waals surface area contributed by atoms with Gasteiger partial charge in [0.2, 0.25) is 0 Å². The molecule has 2 aromatic heterocycles. The molecule has 10 heteroatoms. The first-order valence-electron chi connectivity index (χ1n) is 9.50. The van der Waals surface area contributed by atoms with E-state index in [2.05, 4.69) is 15.4 Å². The molecule has 164 valence electrons. The third kappa shape index (κ3) is 4.03. The molecule has 1 amide bonds. The highest BCUT2D eigenvalue weighted by atomic mass is 35.5. The molecule has 0 unspecified atom stereocenters. The third-order valence-electron chi connectivity index (χ3n) is 4.71. The Morgan fingerprint density at radius 1 is 1.09 bits per heavy atom. The second-order valence-electron chi connectivity index (χ2n) is 6.83. The first-order valence-corrected chi connectivity index (χ1v) is 10.3. The summed E-state index contributed by atoms with van der Waals surface area (Å²) in [6.07, 6.45) is -4.84. The molecule has 0 saturated carbocycles. The minimum Gasteiger partial charge on any atom is -0.352 e. The summed E-state index contributed by atoms with van der Waals surface area (Å²) in [6.45, 7) is 1.78. The van der Waals surface area contributed by atoms with Gasteiger partial charge in [-0.2, -0.15) is 13.2 Å². The predicted molar refractivity (Wildman–Crippen MR) is 117 cm³/mol. The van der Waals surface area contributed by atoms with Crippen LogP contribution in [-0.4, -0.2) is 27.2 Å². The van der Waals surface area contributed by atoms with E-state index in [0.717, 1.165) is 0 Å². The van der Waals surface area contributed by atoms with Gasteiger partial charge in [0.25, 0.3) is 5.91 Å². The number of rotatable bonds is 4. The maximum absolute atomic E-state index is 13.7. The summed E-state index contributed by atoms with van der Waals surface area (Å²) in [6, 6.07) is 14.7. The van der Waals surface area contributed by atoms with Crippen LogP contribution in [0.3, 0.4) is 0 Å². The fourth-order valence-corrected chi connectivity index (χ4v) is 3.68. The number of pyridine rings is 1. The van der Waals surface area contributed by atoms with Crippen molar-refractivity contribution in [1.29, 1.82) is 0 Å². The van der Waals surface area contributed by atoms with Gasteiger partial charge in [-0.05, 0) is 37.3 Å². The number of nitrogens with one attached hydrogen (secondary N) is 1. The van der Waals surface area contributed by atoms with Crippen LogP contribution < -0.4 is 5.32 Å². The Labute approximate surface area is 190 Å². The number of alkyl halides is 3. The molecule has 0 atom stereocenters. The number of carbonyl (C=O) groups excluding carboxylic acids is 1. The van der Waals surface area contributed by atoms with Gasteiger partial charge in [0.05, 0.1) is 22.0 Å². The Morgan fingerprint density at radius 2 is 1.78 bits per heavy atom. The molecular weight excluding hydrogens is 464 g/mol. The number of hydrogen-bond acceptors (Lipinski definition) is 3. The molecule has 2 heterocycles. The molecule has 0 saturated heterocycles. The van der Waals surface area contributed by atoms with Gasteiger partial charge in [-0.25, -0.2) is 9.67 Å². The molecule has 0 aliphatic heterocycles. The smallest absolute Gasteiger partial charge is 0.352 e. The summed E-state index contributed by atoms with van der Waals surface area (Å²) in [5.41, 5.74) is -0.569. The largest absolute Gasteiger partial charge is 0.434 e. The summed E-state index contributed by atoms with van der Waals surface area (Å²) in [7, 11) is 0. The molecule has 4 rings (SSSR count). The van der Waals surface area contributed by atoms with Crippen LogP contribution in [0.2, 0.25) is 10.0 Å². The zero-order valence-electron chi connectivity index (χ0n) is 16.5. The fraction of sp³-hybridized carbons (Fsp3) is 0.136. The third-order valence-corrected chi connectivity index (χ3v) is 5.28. The molecule has 1 N–H and O–H groups in total. The molecule has 2 aromatic carbocycles. The highest BCUT2D eigenvalue weighted by Crippen LogP contribution is 2.37. The number of para-hydroxylation sites is 1. The monoisotopic (exact) mass is 478 g/mol. The van der Waals surface area contributed by atoms with Crippen molar-refractivity contribution in [2.45, 2.75) is 13.1 Å². The van der Waals surface area contributed by atoms with E-state index in [-0.39, 0.29) is 17.6 Å². The van der Waals surface area contributed by atoms with Crippen LogP contribution in [0.4, 0.5) is 13.2 Å². The topological polar surface area (TPSA) is 59.8 Å². The molecule has 32 heavy (non-hydrogen) atoms. The van der Waals surface area contributed by atoms with E-state index in [0.29, 0.717) is 27.0 Å². The Bertz CT molecular complexity index is 1320. The maximum Gasteiger partial charge on any atom is 0.434 e. The first-order chi connectivity index (χ1) is 15.2. The van der Waals surface area contributed by atoms with Crippen molar-refractivity contribution in [3.05, 3.63) is 75.9 Å². The second-order valence-corrected chi connectivity index (χ2v) is 7.68. The molecule has 0 spiro atoms. The Kier molecular flexibility index (Phi) is 5.83.